The Morgan fingerprint density at radius 3 is 3.00 bits per heavy atom. The third kappa shape index (κ3) is 4.74. The first kappa shape index (κ1) is 17.3. The number of nitrogens with zero attached hydrogens (tertiary/aromatic N) is 1. The smallest absolute Gasteiger partial charge is 0.230 e. The Morgan fingerprint density at radius 2 is 2.17 bits per heavy atom. The average Bonchev–Trinajstić information content (AvgIpc) is 3.01. The summed E-state index contributed by atoms with van der Waals surface area (Å²) in [6.07, 6.45) is 6.22. The van der Waals surface area contributed by atoms with Crippen LogP contribution in [0.4, 0.5) is 0 Å². The molecule has 1 aliphatic rings. The minimum atomic E-state index is -0.141. The number of benzene rings is 1. The zero-order valence-electron chi connectivity index (χ0n) is 13.8. The van der Waals surface area contributed by atoms with Crippen LogP contribution < -0.4 is 5.32 Å². The molecule has 1 aromatic heterocycles. The monoisotopic (exact) mass is 347 g/mol. The van der Waals surface area contributed by atoms with Crippen LogP contribution in [0.2, 0.25) is 0 Å². The van der Waals surface area contributed by atoms with Crippen LogP contribution in [0.1, 0.15) is 38.5 Å². The number of aliphatic hydroxyl groups excluding tert-OH is 1. The van der Waals surface area contributed by atoms with E-state index in [2.05, 4.69) is 15.3 Å². The van der Waals surface area contributed by atoms with Gasteiger partial charge in [0.25, 0.3) is 0 Å². The number of carbonyl (C=O) groups excluding carboxylic acids is 1. The van der Waals surface area contributed by atoms with Crippen LogP contribution in [-0.4, -0.2) is 39.4 Å². The average molecular weight is 347 g/mol. The van der Waals surface area contributed by atoms with Crippen molar-refractivity contribution < 1.29 is 9.90 Å². The zero-order valence-corrected chi connectivity index (χ0v) is 14.6. The van der Waals surface area contributed by atoms with Gasteiger partial charge >= 0.3 is 0 Å². The molecule has 2 atom stereocenters. The fourth-order valence-corrected chi connectivity index (χ4v) is 4.01. The van der Waals surface area contributed by atoms with Crippen LogP contribution in [0, 0.1) is 5.92 Å². The maximum absolute atomic E-state index is 11.9. The van der Waals surface area contributed by atoms with E-state index in [1.54, 1.807) is 0 Å². The molecule has 2 aromatic rings. The molecule has 0 bridgehead atoms. The molecule has 3 N–H and O–H groups in total. The topological polar surface area (TPSA) is 78.0 Å². The molecule has 1 amide bonds. The molecule has 1 fully saturated rings. The minimum Gasteiger partial charge on any atom is -0.393 e. The van der Waals surface area contributed by atoms with Crippen LogP contribution >= 0.6 is 11.8 Å². The Hall–Kier alpha value is -1.53. The molecule has 5 nitrogen and oxygen atoms in total. The number of carbonyl (C=O) groups is 1. The molecule has 130 valence electrons. The zero-order chi connectivity index (χ0) is 16.8. The number of hydrogen-bond donors (Lipinski definition) is 3. The number of thioether (sulfide) groups is 1. The highest BCUT2D eigenvalue weighted by atomic mass is 32.2. The van der Waals surface area contributed by atoms with Crippen LogP contribution in [0.3, 0.4) is 0 Å². The number of aliphatic hydroxyl groups is 1. The second kappa shape index (κ2) is 8.53. The second-order valence-corrected chi connectivity index (χ2v) is 7.42. The Kier molecular flexibility index (Phi) is 6.15. The molecule has 0 aliphatic heterocycles. The van der Waals surface area contributed by atoms with Gasteiger partial charge in [-0.05, 0) is 43.7 Å². The Bertz CT molecular complexity index is 640. The number of fused-ring (bicyclic) bond motifs is 1. The molecule has 0 saturated heterocycles. The first-order chi connectivity index (χ1) is 11.7. The van der Waals surface area contributed by atoms with Crippen molar-refractivity contribution in [1.29, 1.82) is 0 Å². The molecule has 1 saturated carbocycles. The number of hydrogen-bond acceptors (Lipinski definition) is 4. The lowest BCUT2D eigenvalue weighted by atomic mass is 9.83. The van der Waals surface area contributed by atoms with Gasteiger partial charge in [0.2, 0.25) is 5.91 Å². The highest BCUT2D eigenvalue weighted by Gasteiger charge is 2.22. The summed E-state index contributed by atoms with van der Waals surface area (Å²) >= 11 is 1.42. The highest BCUT2D eigenvalue weighted by Crippen LogP contribution is 2.27. The summed E-state index contributed by atoms with van der Waals surface area (Å²) in [7, 11) is 0. The lowest BCUT2D eigenvalue weighted by Crippen LogP contribution is -2.28. The Morgan fingerprint density at radius 1 is 1.33 bits per heavy atom. The number of imidazole rings is 1. The van der Waals surface area contributed by atoms with Gasteiger partial charge in [0.05, 0.1) is 22.9 Å². The number of para-hydroxylation sites is 2. The standard InChI is InChI=1S/C18H25N3O2S/c22-16-10-4-1-6-13(16)7-5-11-19-17(23)12-24-18-20-14-8-2-3-9-15(14)21-18/h2-3,8-9,13,16,22H,1,4-7,10-12H2,(H,19,23)(H,20,21). The van der Waals surface area contributed by atoms with Crippen molar-refractivity contribution in [1.82, 2.24) is 15.3 Å². The van der Waals surface area contributed by atoms with E-state index in [-0.39, 0.29) is 12.0 Å². The lowest BCUT2D eigenvalue weighted by Gasteiger charge is -2.27. The van der Waals surface area contributed by atoms with Crippen molar-refractivity contribution in [2.75, 3.05) is 12.3 Å². The van der Waals surface area contributed by atoms with Crippen molar-refractivity contribution in [2.45, 2.75) is 49.8 Å². The van der Waals surface area contributed by atoms with Gasteiger partial charge in [0.15, 0.2) is 5.16 Å². The van der Waals surface area contributed by atoms with Crippen molar-refractivity contribution >= 4 is 28.7 Å². The number of amides is 1. The van der Waals surface area contributed by atoms with Crippen molar-refractivity contribution in [3.05, 3.63) is 24.3 Å². The molecule has 6 heteroatoms. The van der Waals surface area contributed by atoms with Gasteiger partial charge in [-0.3, -0.25) is 4.79 Å². The van der Waals surface area contributed by atoms with Gasteiger partial charge in [-0.15, -0.1) is 0 Å². The van der Waals surface area contributed by atoms with E-state index in [1.807, 2.05) is 24.3 Å². The van der Waals surface area contributed by atoms with E-state index in [0.717, 1.165) is 48.3 Å². The molecule has 1 aliphatic carbocycles. The highest BCUT2D eigenvalue weighted by molar-refractivity contribution is 7.99. The molecule has 0 spiro atoms. The van der Waals surface area contributed by atoms with E-state index in [4.69, 9.17) is 0 Å². The van der Waals surface area contributed by atoms with E-state index in [0.29, 0.717) is 18.2 Å². The van der Waals surface area contributed by atoms with Gasteiger partial charge in [-0.2, -0.15) is 0 Å². The van der Waals surface area contributed by atoms with Gasteiger partial charge in [0, 0.05) is 6.54 Å². The van der Waals surface area contributed by atoms with Crippen molar-refractivity contribution in [3.63, 3.8) is 0 Å². The quantitative estimate of drug-likeness (QED) is 0.531. The molecular weight excluding hydrogens is 322 g/mol. The summed E-state index contributed by atoms with van der Waals surface area (Å²) in [6, 6.07) is 7.85. The first-order valence-corrected chi connectivity index (χ1v) is 9.73. The first-order valence-electron chi connectivity index (χ1n) is 8.74. The third-order valence-electron chi connectivity index (χ3n) is 4.65. The minimum absolute atomic E-state index is 0.0321. The normalized spacial score (nSPS) is 21.0. The van der Waals surface area contributed by atoms with Crippen molar-refractivity contribution in [2.24, 2.45) is 5.92 Å². The number of aromatic amines is 1. The third-order valence-corrected chi connectivity index (χ3v) is 5.52. The number of rotatable bonds is 7. The van der Waals surface area contributed by atoms with Crippen LogP contribution in [0.25, 0.3) is 11.0 Å². The summed E-state index contributed by atoms with van der Waals surface area (Å²) in [6.45, 7) is 0.683. The lowest BCUT2D eigenvalue weighted by molar-refractivity contribution is -0.118. The fourth-order valence-electron chi connectivity index (χ4n) is 3.30. The van der Waals surface area contributed by atoms with Gasteiger partial charge < -0.3 is 15.4 Å². The van der Waals surface area contributed by atoms with E-state index < -0.39 is 0 Å². The van der Waals surface area contributed by atoms with Crippen molar-refractivity contribution in [3.8, 4) is 0 Å². The molecule has 2 unspecified atom stereocenters. The summed E-state index contributed by atoms with van der Waals surface area (Å²) in [4.78, 5) is 19.6. The van der Waals surface area contributed by atoms with Gasteiger partial charge in [-0.1, -0.05) is 36.7 Å². The maximum Gasteiger partial charge on any atom is 0.230 e. The largest absolute Gasteiger partial charge is 0.393 e. The van der Waals surface area contributed by atoms with E-state index >= 15 is 0 Å². The summed E-state index contributed by atoms with van der Waals surface area (Å²) < 4.78 is 0. The van der Waals surface area contributed by atoms with Crippen LogP contribution in [0.15, 0.2) is 29.4 Å². The molecule has 0 radical (unpaired) electrons. The second-order valence-electron chi connectivity index (χ2n) is 6.45. The van der Waals surface area contributed by atoms with E-state index in [9.17, 15) is 9.90 Å². The molecule has 1 heterocycles. The predicted molar refractivity (Wildman–Crippen MR) is 97.0 cm³/mol. The molecular formula is C18H25N3O2S. The number of H-pyrrole nitrogens is 1. The van der Waals surface area contributed by atoms with Gasteiger partial charge in [0.1, 0.15) is 0 Å². The number of aromatic nitrogens is 2. The summed E-state index contributed by atoms with van der Waals surface area (Å²) in [5, 5.41) is 13.7. The van der Waals surface area contributed by atoms with Crippen LogP contribution in [-0.2, 0) is 4.79 Å². The van der Waals surface area contributed by atoms with Gasteiger partial charge in [-0.25, -0.2) is 4.98 Å². The SMILES string of the molecule is O=C(CSc1nc2ccccc2[nH]1)NCCCC1CCCCC1O. The fraction of sp³-hybridized carbons (Fsp3) is 0.556. The molecule has 3 rings (SSSR count). The summed E-state index contributed by atoms with van der Waals surface area (Å²) in [5.74, 6) is 0.816. The Balaban J connectivity index is 1.33. The molecule has 24 heavy (non-hydrogen) atoms. The molecule has 1 aromatic carbocycles. The summed E-state index contributed by atoms with van der Waals surface area (Å²) in [5.41, 5.74) is 1.91. The maximum atomic E-state index is 11.9. The van der Waals surface area contributed by atoms with Crippen LogP contribution in [0.5, 0.6) is 0 Å². The van der Waals surface area contributed by atoms with E-state index in [1.165, 1.54) is 18.2 Å². The number of nitrogens with one attached hydrogen (secondary N) is 2. The Labute approximate surface area is 146 Å². The predicted octanol–water partition coefficient (Wildman–Crippen LogP) is 3.10.